The zero-order valence-corrected chi connectivity index (χ0v) is 14.0. The van der Waals surface area contributed by atoms with Gasteiger partial charge in [-0.05, 0) is 12.8 Å². The van der Waals surface area contributed by atoms with Crippen molar-refractivity contribution in [1.29, 1.82) is 0 Å². The van der Waals surface area contributed by atoms with E-state index in [0.717, 1.165) is 25.7 Å². The van der Waals surface area contributed by atoms with Gasteiger partial charge in [-0.3, -0.25) is 14.4 Å². The van der Waals surface area contributed by atoms with Gasteiger partial charge in [0.2, 0.25) is 5.91 Å². The first-order valence-corrected chi connectivity index (χ1v) is 7.85. The molecule has 4 heteroatoms. The molecule has 0 aromatic heterocycles. The molecule has 0 aliphatic carbocycles. The summed E-state index contributed by atoms with van der Waals surface area (Å²) in [5, 5.41) is 1.29. The van der Waals surface area contributed by atoms with Gasteiger partial charge in [-0.15, -0.1) is 0 Å². The van der Waals surface area contributed by atoms with Crippen LogP contribution in [0.1, 0.15) is 78.6 Å². The Hall–Kier alpha value is -0.900. The van der Waals surface area contributed by atoms with Gasteiger partial charge in [0, 0.05) is 26.3 Å². The predicted octanol–water partition coefficient (Wildman–Crippen LogP) is 4.13. The minimum absolute atomic E-state index is 0.0685. The first-order chi connectivity index (χ1) is 9.53. The van der Waals surface area contributed by atoms with Gasteiger partial charge in [-0.25, -0.2) is 5.06 Å². The summed E-state index contributed by atoms with van der Waals surface area (Å²) < 4.78 is 0. The normalized spacial score (nSPS) is 9.65. The molecule has 0 saturated carbocycles. The number of carbonyl (C=O) groups is 2. The lowest BCUT2D eigenvalue weighted by molar-refractivity contribution is -0.168. The van der Waals surface area contributed by atoms with Crippen molar-refractivity contribution in [3.05, 3.63) is 0 Å². The Kier molecular flexibility index (Phi) is 17.3. The highest BCUT2D eigenvalue weighted by atomic mass is 16.7. The number of nitrogens with zero attached hydrogens (tertiary/aromatic N) is 1. The van der Waals surface area contributed by atoms with Gasteiger partial charge in [0.25, 0.3) is 0 Å². The number of hydroxylamine groups is 2. The number of unbranched alkanes of at least 4 members (excludes halogenated alkanes) is 4. The fraction of sp³-hybridized carbons (Fsp3) is 0.875. The van der Waals surface area contributed by atoms with Crippen molar-refractivity contribution in [3.63, 3.8) is 0 Å². The summed E-state index contributed by atoms with van der Waals surface area (Å²) in [6, 6.07) is 0. The standard InChI is InChI=1S/C10H21NO2.C6H12O/c1-4-5-6-7-8-9-10(12)11(2)13-3;1-3-5-6(7)4-2/h4-9H2,1-3H3;3-5H2,1-2H3. The highest BCUT2D eigenvalue weighted by Crippen LogP contribution is 2.06. The molecule has 0 N–H and O–H groups in total. The lowest BCUT2D eigenvalue weighted by Gasteiger charge is -2.12. The molecule has 0 heterocycles. The Balaban J connectivity index is 0. The van der Waals surface area contributed by atoms with E-state index < -0.39 is 0 Å². The molecule has 20 heavy (non-hydrogen) atoms. The summed E-state index contributed by atoms with van der Waals surface area (Å²) in [5.74, 6) is 0.446. The molecular formula is C16H33NO3. The van der Waals surface area contributed by atoms with E-state index in [-0.39, 0.29) is 5.91 Å². The highest BCUT2D eigenvalue weighted by Gasteiger charge is 2.05. The quantitative estimate of drug-likeness (QED) is 0.448. The van der Waals surface area contributed by atoms with Gasteiger partial charge in [-0.2, -0.15) is 0 Å². The first kappa shape index (κ1) is 21.4. The van der Waals surface area contributed by atoms with Crippen LogP contribution in [0.15, 0.2) is 0 Å². The summed E-state index contributed by atoms with van der Waals surface area (Å²) in [4.78, 5) is 26.4. The predicted molar refractivity (Wildman–Crippen MR) is 83.4 cm³/mol. The number of hydrogen-bond acceptors (Lipinski definition) is 3. The first-order valence-electron chi connectivity index (χ1n) is 7.85. The van der Waals surface area contributed by atoms with Gasteiger partial charge in [-0.1, -0.05) is 46.5 Å². The summed E-state index contributed by atoms with van der Waals surface area (Å²) in [6.45, 7) is 6.11. The molecule has 0 rings (SSSR count). The topological polar surface area (TPSA) is 46.6 Å². The molecule has 0 atom stereocenters. The minimum Gasteiger partial charge on any atom is -0.300 e. The zero-order valence-electron chi connectivity index (χ0n) is 14.0. The molecule has 0 fully saturated rings. The highest BCUT2D eigenvalue weighted by molar-refractivity contribution is 5.77. The molecule has 0 spiro atoms. The number of amides is 1. The van der Waals surface area contributed by atoms with E-state index in [2.05, 4.69) is 6.92 Å². The third-order valence-corrected chi connectivity index (χ3v) is 3.04. The Morgan fingerprint density at radius 3 is 1.90 bits per heavy atom. The lowest BCUT2D eigenvalue weighted by atomic mass is 10.1. The minimum atomic E-state index is 0.0685. The van der Waals surface area contributed by atoms with Crippen LogP contribution in [-0.4, -0.2) is 30.9 Å². The Labute approximate surface area is 124 Å². The largest absolute Gasteiger partial charge is 0.300 e. The summed E-state index contributed by atoms with van der Waals surface area (Å²) in [6.07, 6.45) is 8.94. The summed E-state index contributed by atoms with van der Waals surface area (Å²) >= 11 is 0. The molecule has 0 aliphatic heterocycles. The molecule has 0 aromatic carbocycles. The molecule has 4 nitrogen and oxygen atoms in total. The second kappa shape index (κ2) is 16.2. The van der Waals surface area contributed by atoms with Crippen molar-refractivity contribution in [3.8, 4) is 0 Å². The molecule has 0 bridgehead atoms. The van der Waals surface area contributed by atoms with E-state index in [0.29, 0.717) is 18.6 Å². The van der Waals surface area contributed by atoms with Crippen LogP contribution in [0.2, 0.25) is 0 Å². The van der Waals surface area contributed by atoms with Gasteiger partial charge >= 0.3 is 0 Å². The Morgan fingerprint density at radius 2 is 1.50 bits per heavy atom. The number of carbonyl (C=O) groups excluding carboxylic acids is 2. The fourth-order valence-electron chi connectivity index (χ4n) is 1.59. The third kappa shape index (κ3) is 15.2. The van der Waals surface area contributed by atoms with Crippen molar-refractivity contribution >= 4 is 11.7 Å². The van der Waals surface area contributed by atoms with Crippen LogP contribution in [0.25, 0.3) is 0 Å². The van der Waals surface area contributed by atoms with Crippen LogP contribution in [0.5, 0.6) is 0 Å². The van der Waals surface area contributed by atoms with Gasteiger partial charge in [0.05, 0.1) is 7.11 Å². The molecule has 1 amide bonds. The van der Waals surface area contributed by atoms with Crippen molar-refractivity contribution < 1.29 is 14.4 Å². The van der Waals surface area contributed by atoms with E-state index in [1.54, 1.807) is 7.05 Å². The number of ketones is 1. The monoisotopic (exact) mass is 287 g/mol. The van der Waals surface area contributed by atoms with Crippen molar-refractivity contribution in [2.45, 2.75) is 78.6 Å². The van der Waals surface area contributed by atoms with E-state index in [4.69, 9.17) is 4.84 Å². The number of Topliss-reactive ketones (excluding diaryl/α,β-unsaturated/α-hetero) is 1. The SMILES string of the molecule is CCCC(=O)CC.CCCCCCCC(=O)N(C)OC. The van der Waals surface area contributed by atoms with E-state index in [1.807, 2.05) is 13.8 Å². The molecule has 0 radical (unpaired) electrons. The molecular weight excluding hydrogens is 254 g/mol. The van der Waals surface area contributed by atoms with Gasteiger partial charge in [0.15, 0.2) is 0 Å². The second-order valence-corrected chi connectivity index (χ2v) is 4.88. The Morgan fingerprint density at radius 1 is 0.900 bits per heavy atom. The van der Waals surface area contributed by atoms with E-state index >= 15 is 0 Å². The zero-order chi connectivity index (χ0) is 15.8. The average molecular weight is 287 g/mol. The third-order valence-electron chi connectivity index (χ3n) is 3.04. The maximum Gasteiger partial charge on any atom is 0.245 e. The maximum absolute atomic E-state index is 11.2. The van der Waals surface area contributed by atoms with Crippen molar-refractivity contribution in [2.24, 2.45) is 0 Å². The number of rotatable bonds is 10. The van der Waals surface area contributed by atoms with Crippen LogP contribution in [0.3, 0.4) is 0 Å². The van der Waals surface area contributed by atoms with E-state index in [1.165, 1.54) is 31.4 Å². The van der Waals surface area contributed by atoms with Crippen LogP contribution in [-0.2, 0) is 14.4 Å². The van der Waals surface area contributed by atoms with Crippen LogP contribution in [0.4, 0.5) is 0 Å². The van der Waals surface area contributed by atoms with E-state index in [9.17, 15) is 9.59 Å². The van der Waals surface area contributed by atoms with Gasteiger partial charge < -0.3 is 0 Å². The van der Waals surface area contributed by atoms with Gasteiger partial charge in [0.1, 0.15) is 5.78 Å². The summed E-state index contributed by atoms with van der Waals surface area (Å²) in [7, 11) is 3.16. The Bertz CT molecular complexity index is 242. The summed E-state index contributed by atoms with van der Waals surface area (Å²) in [5.41, 5.74) is 0. The van der Waals surface area contributed by atoms with Crippen LogP contribution >= 0.6 is 0 Å². The average Bonchev–Trinajstić information content (AvgIpc) is 2.46. The number of hydrogen-bond donors (Lipinski definition) is 0. The molecule has 0 unspecified atom stereocenters. The smallest absolute Gasteiger partial charge is 0.245 e. The van der Waals surface area contributed by atoms with Crippen molar-refractivity contribution in [2.75, 3.05) is 14.2 Å². The van der Waals surface area contributed by atoms with Crippen LogP contribution in [0, 0.1) is 0 Å². The molecule has 0 aliphatic rings. The second-order valence-electron chi connectivity index (χ2n) is 4.88. The molecule has 120 valence electrons. The lowest BCUT2D eigenvalue weighted by Crippen LogP contribution is -2.24. The molecule has 0 aromatic rings. The fourth-order valence-corrected chi connectivity index (χ4v) is 1.59. The van der Waals surface area contributed by atoms with Crippen LogP contribution < -0.4 is 0 Å². The molecule has 0 saturated heterocycles. The van der Waals surface area contributed by atoms with Crippen molar-refractivity contribution in [1.82, 2.24) is 5.06 Å². The maximum atomic E-state index is 11.2.